The molecule has 4 saturated carbocycles. The van der Waals surface area contributed by atoms with Crippen molar-refractivity contribution in [3.63, 3.8) is 0 Å². The molecule has 4 fully saturated rings. The molecular weight excluding hydrogens is 436 g/mol. The van der Waals surface area contributed by atoms with Crippen LogP contribution in [0.4, 0.5) is 0 Å². The predicted molar refractivity (Wildman–Crippen MR) is 130 cm³/mol. The van der Waals surface area contributed by atoms with Gasteiger partial charge in [0.05, 0.1) is 11.0 Å². The SMILES string of the molecule is O=C(CC1CCC(S(=O)(=O)CC2CC2)CC1)NC1CCC(C(=O)NCC2CCCCC2)CC1. The van der Waals surface area contributed by atoms with Crippen LogP contribution < -0.4 is 10.6 Å². The zero-order chi connectivity index (χ0) is 23.3. The zero-order valence-corrected chi connectivity index (χ0v) is 21.0. The molecule has 0 atom stereocenters. The van der Waals surface area contributed by atoms with E-state index in [0.29, 0.717) is 42.8 Å². The molecule has 4 aliphatic carbocycles. The largest absolute Gasteiger partial charge is 0.356 e. The van der Waals surface area contributed by atoms with Crippen molar-refractivity contribution in [1.82, 2.24) is 10.6 Å². The Balaban J connectivity index is 1.10. The van der Waals surface area contributed by atoms with Crippen LogP contribution in [0.5, 0.6) is 0 Å². The van der Waals surface area contributed by atoms with Gasteiger partial charge in [-0.2, -0.15) is 0 Å². The van der Waals surface area contributed by atoms with E-state index in [1.54, 1.807) is 0 Å². The van der Waals surface area contributed by atoms with Gasteiger partial charge in [0.15, 0.2) is 9.84 Å². The highest BCUT2D eigenvalue weighted by atomic mass is 32.2. The molecule has 0 spiro atoms. The summed E-state index contributed by atoms with van der Waals surface area (Å²) < 4.78 is 25.0. The Hall–Kier alpha value is -1.11. The number of sulfone groups is 1. The lowest BCUT2D eigenvalue weighted by molar-refractivity contribution is -0.126. The van der Waals surface area contributed by atoms with Crippen LogP contribution in [0, 0.1) is 23.7 Å². The average Bonchev–Trinajstić information content (AvgIpc) is 3.62. The molecule has 0 bridgehead atoms. The van der Waals surface area contributed by atoms with Gasteiger partial charge in [-0.3, -0.25) is 9.59 Å². The predicted octanol–water partition coefficient (Wildman–Crippen LogP) is 4.13. The van der Waals surface area contributed by atoms with Gasteiger partial charge in [-0.15, -0.1) is 0 Å². The van der Waals surface area contributed by atoms with Crippen molar-refractivity contribution >= 4 is 21.7 Å². The fraction of sp³-hybridized carbons (Fsp3) is 0.923. The number of rotatable bonds is 9. The summed E-state index contributed by atoms with van der Waals surface area (Å²) in [6, 6.07) is 0.176. The van der Waals surface area contributed by atoms with E-state index in [0.717, 1.165) is 57.9 Å². The first kappa shape index (κ1) is 25.0. The molecule has 4 aliphatic rings. The van der Waals surface area contributed by atoms with Gasteiger partial charge in [0, 0.05) is 24.9 Å². The molecule has 0 saturated heterocycles. The van der Waals surface area contributed by atoms with Gasteiger partial charge in [-0.05, 0) is 94.8 Å². The number of hydrogen-bond donors (Lipinski definition) is 2. The van der Waals surface area contributed by atoms with Crippen LogP contribution in [0.3, 0.4) is 0 Å². The molecule has 33 heavy (non-hydrogen) atoms. The second-order valence-corrected chi connectivity index (χ2v) is 13.8. The molecule has 0 aromatic rings. The molecule has 0 aromatic carbocycles. The normalized spacial score (nSPS) is 31.6. The van der Waals surface area contributed by atoms with E-state index in [2.05, 4.69) is 10.6 Å². The van der Waals surface area contributed by atoms with E-state index >= 15 is 0 Å². The minimum atomic E-state index is -2.95. The third-order valence-corrected chi connectivity index (χ3v) is 11.1. The van der Waals surface area contributed by atoms with Crippen molar-refractivity contribution in [3.8, 4) is 0 Å². The Bertz CT molecular complexity index is 757. The van der Waals surface area contributed by atoms with Crippen LogP contribution in [0.15, 0.2) is 0 Å². The minimum absolute atomic E-state index is 0.0922. The third-order valence-electron chi connectivity index (χ3n) is 8.69. The summed E-state index contributed by atoms with van der Waals surface area (Å²) in [4.78, 5) is 25.1. The fourth-order valence-corrected chi connectivity index (χ4v) is 8.53. The Labute approximate surface area is 200 Å². The minimum Gasteiger partial charge on any atom is -0.356 e. The van der Waals surface area contributed by atoms with Crippen molar-refractivity contribution in [2.24, 2.45) is 23.7 Å². The first-order valence-electron chi connectivity index (χ1n) is 13.7. The molecule has 4 rings (SSSR count). The Morgan fingerprint density at radius 1 is 0.697 bits per heavy atom. The van der Waals surface area contributed by atoms with Crippen LogP contribution in [-0.2, 0) is 19.4 Å². The Morgan fingerprint density at radius 3 is 1.97 bits per heavy atom. The summed E-state index contributed by atoms with van der Waals surface area (Å²) >= 11 is 0. The highest BCUT2D eigenvalue weighted by Crippen LogP contribution is 2.36. The summed E-state index contributed by atoms with van der Waals surface area (Å²) in [6.07, 6.45) is 15.7. The summed E-state index contributed by atoms with van der Waals surface area (Å²) in [5.41, 5.74) is 0. The molecule has 2 N–H and O–H groups in total. The highest BCUT2D eigenvalue weighted by Gasteiger charge is 2.36. The maximum absolute atomic E-state index is 12.6. The van der Waals surface area contributed by atoms with E-state index in [4.69, 9.17) is 0 Å². The second kappa shape index (κ2) is 11.5. The zero-order valence-electron chi connectivity index (χ0n) is 20.2. The average molecular weight is 481 g/mol. The smallest absolute Gasteiger partial charge is 0.223 e. The quantitative estimate of drug-likeness (QED) is 0.519. The van der Waals surface area contributed by atoms with Crippen LogP contribution in [0.1, 0.15) is 103 Å². The molecular formula is C26H44N2O4S. The maximum Gasteiger partial charge on any atom is 0.223 e. The van der Waals surface area contributed by atoms with E-state index in [1.165, 1.54) is 32.1 Å². The lowest BCUT2D eigenvalue weighted by atomic mass is 9.84. The highest BCUT2D eigenvalue weighted by molar-refractivity contribution is 7.92. The van der Waals surface area contributed by atoms with Crippen molar-refractivity contribution in [1.29, 1.82) is 0 Å². The first-order valence-corrected chi connectivity index (χ1v) is 15.4. The molecule has 0 aromatic heterocycles. The van der Waals surface area contributed by atoms with Crippen LogP contribution in [0.2, 0.25) is 0 Å². The lowest BCUT2D eigenvalue weighted by Gasteiger charge is -2.31. The van der Waals surface area contributed by atoms with Crippen molar-refractivity contribution < 1.29 is 18.0 Å². The van der Waals surface area contributed by atoms with Crippen molar-refractivity contribution in [2.75, 3.05) is 12.3 Å². The standard InChI is InChI=1S/C26H44N2O4S/c29-25(16-19-8-14-24(15-9-19)33(31,32)18-21-6-7-21)28-23-12-10-22(11-13-23)26(30)27-17-20-4-2-1-3-5-20/h19-24H,1-18H2,(H,27,30)(H,28,29). The maximum atomic E-state index is 12.6. The summed E-state index contributed by atoms with van der Waals surface area (Å²) in [5, 5.41) is 6.20. The Morgan fingerprint density at radius 2 is 1.33 bits per heavy atom. The van der Waals surface area contributed by atoms with Gasteiger partial charge in [0.25, 0.3) is 0 Å². The second-order valence-electron chi connectivity index (χ2n) is 11.5. The van der Waals surface area contributed by atoms with Gasteiger partial charge < -0.3 is 10.6 Å². The number of nitrogens with one attached hydrogen (secondary N) is 2. The van der Waals surface area contributed by atoms with Gasteiger partial charge in [0.1, 0.15) is 0 Å². The third kappa shape index (κ3) is 7.69. The summed E-state index contributed by atoms with van der Waals surface area (Å²) in [7, 11) is -2.95. The summed E-state index contributed by atoms with van der Waals surface area (Å²) in [5.74, 6) is 2.16. The van der Waals surface area contributed by atoms with Crippen LogP contribution in [-0.4, -0.2) is 43.8 Å². The van der Waals surface area contributed by atoms with E-state index < -0.39 is 9.84 Å². The fourth-order valence-electron chi connectivity index (χ4n) is 6.27. The molecule has 7 heteroatoms. The number of carbonyl (C=O) groups excluding carboxylic acids is 2. The number of hydrogen-bond acceptors (Lipinski definition) is 4. The van der Waals surface area contributed by atoms with Gasteiger partial charge in [0.2, 0.25) is 11.8 Å². The van der Waals surface area contributed by atoms with Gasteiger partial charge >= 0.3 is 0 Å². The van der Waals surface area contributed by atoms with E-state index in [-0.39, 0.29) is 29.0 Å². The molecule has 0 radical (unpaired) electrons. The van der Waals surface area contributed by atoms with Gasteiger partial charge in [-0.1, -0.05) is 19.3 Å². The summed E-state index contributed by atoms with van der Waals surface area (Å²) in [6.45, 7) is 0.833. The first-order chi connectivity index (χ1) is 15.9. The van der Waals surface area contributed by atoms with E-state index in [9.17, 15) is 18.0 Å². The lowest BCUT2D eigenvalue weighted by Crippen LogP contribution is -2.42. The van der Waals surface area contributed by atoms with E-state index in [1.807, 2.05) is 0 Å². The monoisotopic (exact) mass is 480 g/mol. The van der Waals surface area contributed by atoms with Gasteiger partial charge in [-0.25, -0.2) is 8.42 Å². The number of carbonyl (C=O) groups is 2. The molecule has 188 valence electrons. The van der Waals surface area contributed by atoms with Crippen molar-refractivity contribution in [3.05, 3.63) is 0 Å². The Kier molecular flexibility index (Phi) is 8.75. The van der Waals surface area contributed by atoms with Crippen molar-refractivity contribution in [2.45, 2.75) is 114 Å². The molecule has 0 aliphatic heterocycles. The molecule has 2 amide bonds. The molecule has 0 heterocycles. The van der Waals surface area contributed by atoms with Crippen LogP contribution in [0.25, 0.3) is 0 Å². The molecule has 0 unspecified atom stereocenters. The molecule has 6 nitrogen and oxygen atoms in total. The van der Waals surface area contributed by atoms with Crippen LogP contribution >= 0.6 is 0 Å². The topological polar surface area (TPSA) is 92.3 Å². The number of amides is 2.